The van der Waals surface area contributed by atoms with Crippen LogP contribution < -0.4 is 0 Å². The van der Waals surface area contributed by atoms with E-state index in [9.17, 15) is 9.90 Å². The summed E-state index contributed by atoms with van der Waals surface area (Å²) in [5.41, 5.74) is 0. The third kappa shape index (κ3) is 1.27. The Balaban J connectivity index is 2.03. The lowest BCUT2D eigenvalue weighted by atomic mass is 10.0. The van der Waals surface area contributed by atoms with E-state index in [1.54, 1.807) is 0 Å². The molecule has 3 atom stereocenters. The van der Waals surface area contributed by atoms with Crippen LogP contribution in [0.3, 0.4) is 0 Å². The number of aliphatic hydroxyl groups excluding tert-OH is 1. The van der Waals surface area contributed by atoms with Crippen molar-refractivity contribution >= 4 is 6.29 Å². The third-order valence-electron chi connectivity index (χ3n) is 3.14. The zero-order valence-corrected chi connectivity index (χ0v) is 7.15. The Kier molecular flexibility index (Phi) is 2.15. The van der Waals surface area contributed by atoms with Crippen molar-refractivity contribution in [2.45, 2.75) is 43.9 Å². The standard InChI is InChI=1S/C9H15NO2/c11-4-3-10-7-1-2-8(10)6-9(12)5-7/h4,7-9,12H,1-3,5-6H2/t7-,8+,9-. The van der Waals surface area contributed by atoms with Crippen LogP contribution in [-0.4, -0.2) is 41.0 Å². The first-order valence-electron chi connectivity index (χ1n) is 4.68. The topological polar surface area (TPSA) is 40.5 Å². The lowest BCUT2D eigenvalue weighted by molar-refractivity contribution is -0.110. The molecule has 12 heavy (non-hydrogen) atoms. The predicted octanol–water partition coefficient (Wildman–Crippen LogP) is 0.173. The van der Waals surface area contributed by atoms with Gasteiger partial charge in [-0.2, -0.15) is 0 Å². The summed E-state index contributed by atoms with van der Waals surface area (Å²) in [4.78, 5) is 12.6. The van der Waals surface area contributed by atoms with Crippen LogP contribution in [-0.2, 0) is 4.79 Å². The van der Waals surface area contributed by atoms with Gasteiger partial charge >= 0.3 is 0 Å². The maximum absolute atomic E-state index is 10.4. The molecule has 3 nitrogen and oxygen atoms in total. The summed E-state index contributed by atoms with van der Waals surface area (Å²) in [6, 6.07) is 0.952. The zero-order chi connectivity index (χ0) is 8.55. The molecule has 0 unspecified atom stereocenters. The molecule has 2 bridgehead atoms. The van der Waals surface area contributed by atoms with Gasteiger partial charge in [0, 0.05) is 12.1 Å². The average molecular weight is 169 g/mol. The van der Waals surface area contributed by atoms with Crippen molar-refractivity contribution in [3.05, 3.63) is 0 Å². The molecule has 2 aliphatic heterocycles. The lowest BCUT2D eigenvalue weighted by Crippen LogP contribution is -2.45. The summed E-state index contributed by atoms with van der Waals surface area (Å²) in [6.07, 6.45) is 4.91. The van der Waals surface area contributed by atoms with Crippen LogP contribution in [0.2, 0.25) is 0 Å². The molecule has 1 N–H and O–H groups in total. The molecule has 0 aromatic carbocycles. The molecule has 2 rings (SSSR count). The smallest absolute Gasteiger partial charge is 0.134 e. The quantitative estimate of drug-likeness (QED) is 0.599. The molecule has 2 saturated heterocycles. The molecule has 0 saturated carbocycles. The van der Waals surface area contributed by atoms with E-state index in [0.717, 1.165) is 32.0 Å². The normalized spacial score (nSPS) is 41.6. The van der Waals surface area contributed by atoms with E-state index < -0.39 is 0 Å². The largest absolute Gasteiger partial charge is 0.393 e. The second-order valence-electron chi connectivity index (χ2n) is 3.87. The van der Waals surface area contributed by atoms with E-state index in [4.69, 9.17) is 0 Å². The number of rotatable bonds is 2. The molecule has 0 aliphatic carbocycles. The molecule has 2 heterocycles. The van der Waals surface area contributed by atoms with Gasteiger partial charge in [0.1, 0.15) is 6.29 Å². The number of fused-ring (bicyclic) bond motifs is 2. The molecule has 3 heteroatoms. The Hall–Kier alpha value is -0.410. The van der Waals surface area contributed by atoms with Gasteiger partial charge in [0.2, 0.25) is 0 Å². The van der Waals surface area contributed by atoms with E-state index in [1.165, 1.54) is 0 Å². The molecule has 0 aromatic rings. The first kappa shape index (κ1) is 8.20. The van der Waals surface area contributed by atoms with Gasteiger partial charge in [-0.25, -0.2) is 0 Å². The first-order chi connectivity index (χ1) is 5.81. The van der Waals surface area contributed by atoms with Crippen molar-refractivity contribution in [3.63, 3.8) is 0 Å². The van der Waals surface area contributed by atoms with Crippen LogP contribution in [0.4, 0.5) is 0 Å². The monoisotopic (exact) mass is 169 g/mol. The highest BCUT2D eigenvalue weighted by molar-refractivity contribution is 5.52. The first-order valence-corrected chi connectivity index (χ1v) is 4.68. The number of hydrogen-bond donors (Lipinski definition) is 1. The highest BCUT2D eigenvalue weighted by Crippen LogP contribution is 2.34. The fourth-order valence-electron chi connectivity index (χ4n) is 2.63. The summed E-state index contributed by atoms with van der Waals surface area (Å²) in [6.45, 7) is 0.558. The Morgan fingerprint density at radius 2 is 1.92 bits per heavy atom. The van der Waals surface area contributed by atoms with Gasteiger partial charge in [0.05, 0.1) is 12.6 Å². The summed E-state index contributed by atoms with van der Waals surface area (Å²) in [5.74, 6) is 0. The Labute approximate surface area is 72.4 Å². The lowest BCUT2D eigenvalue weighted by Gasteiger charge is -2.35. The minimum Gasteiger partial charge on any atom is -0.393 e. The molecule has 68 valence electrons. The number of piperidine rings is 1. The zero-order valence-electron chi connectivity index (χ0n) is 7.15. The molecule has 0 spiro atoms. The second kappa shape index (κ2) is 3.15. The number of nitrogens with zero attached hydrogens (tertiary/aromatic N) is 1. The van der Waals surface area contributed by atoms with Crippen molar-refractivity contribution in [2.24, 2.45) is 0 Å². The average Bonchev–Trinajstić information content (AvgIpc) is 2.32. The van der Waals surface area contributed by atoms with E-state index in [0.29, 0.717) is 18.6 Å². The maximum atomic E-state index is 10.4. The number of aliphatic hydroxyl groups is 1. The molecule has 0 amide bonds. The second-order valence-corrected chi connectivity index (χ2v) is 3.87. The van der Waals surface area contributed by atoms with Crippen molar-refractivity contribution in [1.29, 1.82) is 0 Å². The van der Waals surface area contributed by atoms with Crippen molar-refractivity contribution < 1.29 is 9.90 Å². The minimum absolute atomic E-state index is 0.120. The number of carbonyl (C=O) groups is 1. The van der Waals surface area contributed by atoms with Crippen LogP contribution in [0.1, 0.15) is 25.7 Å². The number of aldehydes is 1. The van der Waals surface area contributed by atoms with Gasteiger partial charge in [0.15, 0.2) is 0 Å². The van der Waals surface area contributed by atoms with E-state index >= 15 is 0 Å². The van der Waals surface area contributed by atoms with Gasteiger partial charge in [-0.1, -0.05) is 0 Å². The predicted molar refractivity (Wildman–Crippen MR) is 44.8 cm³/mol. The fourth-order valence-corrected chi connectivity index (χ4v) is 2.63. The van der Waals surface area contributed by atoms with Gasteiger partial charge in [-0.3, -0.25) is 4.90 Å². The summed E-state index contributed by atoms with van der Waals surface area (Å²) < 4.78 is 0. The molecule has 2 fully saturated rings. The van der Waals surface area contributed by atoms with Gasteiger partial charge in [0.25, 0.3) is 0 Å². The summed E-state index contributed by atoms with van der Waals surface area (Å²) in [5, 5.41) is 9.46. The summed E-state index contributed by atoms with van der Waals surface area (Å²) >= 11 is 0. The fraction of sp³-hybridized carbons (Fsp3) is 0.889. The minimum atomic E-state index is -0.120. The highest BCUT2D eigenvalue weighted by atomic mass is 16.3. The molecular formula is C9H15NO2. The third-order valence-corrected chi connectivity index (χ3v) is 3.14. The van der Waals surface area contributed by atoms with E-state index in [2.05, 4.69) is 4.90 Å². The maximum Gasteiger partial charge on any atom is 0.134 e. The molecule has 0 radical (unpaired) electrons. The molecular weight excluding hydrogens is 154 g/mol. The molecule has 2 aliphatic rings. The van der Waals surface area contributed by atoms with E-state index in [-0.39, 0.29) is 6.10 Å². The van der Waals surface area contributed by atoms with Crippen LogP contribution in [0.15, 0.2) is 0 Å². The SMILES string of the molecule is O=CCN1[C@@H]2CC[C@H]1C[C@H](O)C2. The van der Waals surface area contributed by atoms with Crippen LogP contribution in [0.5, 0.6) is 0 Å². The summed E-state index contributed by atoms with van der Waals surface area (Å²) in [7, 11) is 0. The van der Waals surface area contributed by atoms with Crippen molar-refractivity contribution in [2.75, 3.05) is 6.54 Å². The van der Waals surface area contributed by atoms with Crippen LogP contribution in [0, 0.1) is 0 Å². The van der Waals surface area contributed by atoms with Crippen molar-refractivity contribution in [1.82, 2.24) is 4.90 Å². The van der Waals surface area contributed by atoms with Crippen LogP contribution >= 0.6 is 0 Å². The highest BCUT2D eigenvalue weighted by Gasteiger charge is 2.39. The Morgan fingerprint density at radius 3 is 2.42 bits per heavy atom. The van der Waals surface area contributed by atoms with Gasteiger partial charge in [-0.15, -0.1) is 0 Å². The number of carbonyl (C=O) groups excluding carboxylic acids is 1. The Morgan fingerprint density at radius 1 is 1.33 bits per heavy atom. The van der Waals surface area contributed by atoms with E-state index in [1.807, 2.05) is 0 Å². The van der Waals surface area contributed by atoms with Gasteiger partial charge in [-0.05, 0) is 25.7 Å². The Bertz CT molecular complexity index is 169. The molecule has 0 aromatic heterocycles. The number of hydrogen-bond acceptors (Lipinski definition) is 3. The van der Waals surface area contributed by atoms with Gasteiger partial charge < -0.3 is 9.90 Å². The van der Waals surface area contributed by atoms with Crippen LogP contribution in [0.25, 0.3) is 0 Å². The van der Waals surface area contributed by atoms with Crippen molar-refractivity contribution in [3.8, 4) is 0 Å².